The summed E-state index contributed by atoms with van der Waals surface area (Å²) >= 11 is 6.18. The number of benzene rings is 3. The molecule has 0 unspecified atom stereocenters. The lowest BCUT2D eigenvalue weighted by molar-refractivity contribution is -0.125. The monoisotopic (exact) mass is 482 g/mol. The van der Waals surface area contributed by atoms with E-state index in [1.165, 1.54) is 5.56 Å². The van der Waals surface area contributed by atoms with Gasteiger partial charge in [-0.3, -0.25) is 9.59 Å². The van der Waals surface area contributed by atoms with Crippen molar-refractivity contribution >= 4 is 23.3 Å². The van der Waals surface area contributed by atoms with Gasteiger partial charge in [0.25, 0.3) is 0 Å². The Bertz CT molecular complexity index is 1240. The smallest absolute Gasteiger partial charge is 0.243 e. The first-order chi connectivity index (χ1) is 17.1. The molecule has 5 heteroatoms. The molecular formula is C30H27ClN2O2. The van der Waals surface area contributed by atoms with E-state index in [4.69, 9.17) is 11.6 Å². The average molecular weight is 483 g/mol. The molecule has 4 atom stereocenters. The normalized spacial score (nSPS) is 22.6. The van der Waals surface area contributed by atoms with Gasteiger partial charge >= 0.3 is 0 Å². The van der Waals surface area contributed by atoms with Gasteiger partial charge in [0.2, 0.25) is 5.91 Å². The summed E-state index contributed by atoms with van der Waals surface area (Å²) in [5, 5.41) is 3.76. The molecule has 2 aliphatic rings. The van der Waals surface area contributed by atoms with E-state index >= 15 is 0 Å². The SMILES string of the molecule is O=C(c1ccccc1)[C@@H]1[C@H](c2ccc(Cl)cc2)[C@@H](C(=O)NCCc2ccccc2)N2C=CC=C[C@H]12. The molecule has 0 aromatic heterocycles. The number of carbonyl (C=O) groups is 2. The summed E-state index contributed by atoms with van der Waals surface area (Å²) in [4.78, 5) is 29.6. The van der Waals surface area contributed by atoms with Gasteiger partial charge in [0, 0.05) is 29.2 Å². The number of fused-ring (bicyclic) bond motifs is 1. The first kappa shape index (κ1) is 23.1. The molecule has 5 rings (SSSR count). The molecule has 1 amide bonds. The number of halogens is 1. The molecule has 0 spiro atoms. The van der Waals surface area contributed by atoms with E-state index in [0.29, 0.717) is 17.1 Å². The van der Waals surface area contributed by atoms with Gasteiger partial charge in [0.15, 0.2) is 5.78 Å². The largest absolute Gasteiger partial charge is 0.358 e. The standard InChI is InChI=1S/C30H27ClN2O2/c31-24-16-14-22(15-17-24)26-27(29(34)23-11-5-2-6-12-23)25-13-7-8-20-33(25)28(26)30(35)32-19-18-21-9-3-1-4-10-21/h1-17,20,25-28H,18-19H2,(H,32,35)/t25-,26+,27+,28+/m1/s1. The van der Waals surface area contributed by atoms with E-state index in [1.54, 1.807) is 0 Å². The zero-order chi connectivity index (χ0) is 24.2. The molecule has 35 heavy (non-hydrogen) atoms. The number of ketones is 1. The van der Waals surface area contributed by atoms with Crippen molar-refractivity contribution in [3.63, 3.8) is 0 Å². The number of hydrogen-bond acceptors (Lipinski definition) is 3. The molecule has 2 aliphatic heterocycles. The Kier molecular flexibility index (Phi) is 6.82. The van der Waals surface area contributed by atoms with Crippen molar-refractivity contribution in [2.45, 2.75) is 24.4 Å². The minimum atomic E-state index is -0.518. The van der Waals surface area contributed by atoms with Crippen LogP contribution in [0.1, 0.15) is 27.4 Å². The average Bonchev–Trinajstić information content (AvgIpc) is 3.25. The van der Waals surface area contributed by atoms with Crippen molar-refractivity contribution in [1.82, 2.24) is 10.2 Å². The van der Waals surface area contributed by atoms with Gasteiger partial charge in [-0.15, -0.1) is 0 Å². The van der Waals surface area contributed by atoms with Gasteiger partial charge in [-0.05, 0) is 35.8 Å². The lowest BCUT2D eigenvalue weighted by Crippen LogP contribution is -2.46. The number of nitrogens with one attached hydrogen (secondary N) is 1. The maximum absolute atomic E-state index is 13.9. The summed E-state index contributed by atoms with van der Waals surface area (Å²) in [5.41, 5.74) is 2.76. The number of hydrogen-bond donors (Lipinski definition) is 1. The summed E-state index contributed by atoms with van der Waals surface area (Å²) in [6.07, 6.45) is 8.60. The van der Waals surface area contributed by atoms with E-state index in [-0.39, 0.29) is 23.7 Å². The van der Waals surface area contributed by atoms with Crippen LogP contribution in [0.3, 0.4) is 0 Å². The fourth-order valence-electron chi connectivity index (χ4n) is 5.27. The van der Waals surface area contributed by atoms with Crippen LogP contribution in [0.4, 0.5) is 0 Å². The van der Waals surface area contributed by atoms with Crippen molar-refractivity contribution in [2.75, 3.05) is 6.54 Å². The van der Waals surface area contributed by atoms with Crippen LogP contribution in [0, 0.1) is 5.92 Å². The molecule has 176 valence electrons. The summed E-state index contributed by atoms with van der Waals surface area (Å²) in [5.74, 6) is -0.770. The summed E-state index contributed by atoms with van der Waals surface area (Å²) in [7, 11) is 0. The number of allylic oxidation sites excluding steroid dienone is 2. The zero-order valence-electron chi connectivity index (χ0n) is 19.3. The molecule has 3 aromatic rings. The summed E-state index contributed by atoms with van der Waals surface area (Å²) < 4.78 is 0. The maximum Gasteiger partial charge on any atom is 0.243 e. The Balaban J connectivity index is 1.49. The Morgan fingerprint density at radius 2 is 1.54 bits per heavy atom. The molecule has 1 fully saturated rings. The Hall–Kier alpha value is -3.63. The molecule has 4 nitrogen and oxygen atoms in total. The Labute approximate surface area is 210 Å². The van der Waals surface area contributed by atoms with E-state index in [1.807, 2.05) is 102 Å². The highest BCUT2D eigenvalue weighted by atomic mass is 35.5. The lowest BCUT2D eigenvalue weighted by Gasteiger charge is -2.30. The molecule has 1 saturated heterocycles. The topological polar surface area (TPSA) is 49.4 Å². The second-order valence-electron chi connectivity index (χ2n) is 8.97. The number of nitrogens with zero attached hydrogens (tertiary/aromatic N) is 1. The van der Waals surface area contributed by atoms with Crippen LogP contribution in [-0.2, 0) is 11.2 Å². The molecule has 0 radical (unpaired) electrons. The lowest BCUT2D eigenvalue weighted by atomic mass is 9.77. The van der Waals surface area contributed by atoms with Crippen molar-refractivity contribution in [2.24, 2.45) is 5.92 Å². The quantitative estimate of drug-likeness (QED) is 0.457. The number of Topliss-reactive ketones (excluding diaryl/α,β-unsaturated/α-hetero) is 1. The second-order valence-corrected chi connectivity index (χ2v) is 9.41. The summed E-state index contributed by atoms with van der Waals surface area (Å²) in [6.45, 7) is 0.530. The highest BCUT2D eigenvalue weighted by molar-refractivity contribution is 6.30. The van der Waals surface area contributed by atoms with Crippen LogP contribution in [0.5, 0.6) is 0 Å². The fraction of sp³-hybridized carbons (Fsp3) is 0.200. The first-order valence-corrected chi connectivity index (χ1v) is 12.3. The van der Waals surface area contributed by atoms with Gasteiger partial charge in [0.1, 0.15) is 6.04 Å². The number of amides is 1. The van der Waals surface area contributed by atoms with Crippen molar-refractivity contribution in [3.8, 4) is 0 Å². The van der Waals surface area contributed by atoms with Crippen LogP contribution in [0.15, 0.2) is 109 Å². The van der Waals surface area contributed by atoms with Crippen molar-refractivity contribution in [3.05, 3.63) is 131 Å². The molecule has 0 bridgehead atoms. The molecule has 0 saturated carbocycles. The third-order valence-electron chi connectivity index (χ3n) is 6.88. The van der Waals surface area contributed by atoms with E-state index in [9.17, 15) is 9.59 Å². The number of rotatable bonds is 7. The second kappa shape index (κ2) is 10.3. The predicted molar refractivity (Wildman–Crippen MR) is 139 cm³/mol. The Morgan fingerprint density at radius 3 is 2.26 bits per heavy atom. The zero-order valence-corrected chi connectivity index (χ0v) is 20.0. The molecule has 3 aromatic carbocycles. The van der Waals surface area contributed by atoms with Crippen molar-refractivity contribution in [1.29, 1.82) is 0 Å². The fourth-order valence-corrected chi connectivity index (χ4v) is 5.39. The van der Waals surface area contributed by atoms with E-state index in [2.05, 4.69) is 17.4 Å². The van der Waals surface area contributed by atoms with E-state index in [0.717, 1.165) is 12.0 Å². The Morgan fingerprint density at radius 1 is 0.857 bits per heavy atom. The minimum absolute atomic E-state index is 0.0417. The molecular weight excluding hydrogens is 456 g/mol. The highest BCUT2D eigenvalue weighted by Gasteiger charge is 2.53. The predicted octanol–water partition coefficient (Wildman–Crippen LogP) is 5.42. The van der Waals surface area contributed by atoms with Crippen LogP contribution in [0.25, 0.3) is 0 Å². The van der Waals surface area contributed by atoms with Crippen LogP contribution in [-0.4, -0.2) is 35.2 Å². The summed E-state index contributed by atoms with van der Waals surface area (Å²) in [6, 6.07) is 26.3. The molecule has 2 heterocycles. The maximum atomic E-state index is 13.9. The van der Waals surface area contributed by atoms with Crippen LogP contribution >= 0.6 is 11.6 Å². The van der Waals surface area contributed by atoms with Crippen LogP contribution < -0.4 is 5.32 Å². The van der Waals surface area contributed by atoms with Gasteiger partial charge in [-0.25, -0.2) is 0 Å². The number of carbonyl (C=O) groups excluding carboxylic acids is 2. The van der Waals surface area contributed by atoms with Gasteiger partial charge in [-0.1, -0.05) is 96.5 Å². The van der Waals surface area contributed by atoms with E-state index < -0.39 is 12.0 Å². The van der Waals surface area contributed by atoms with Gasteiger partial charge in [0.05, 0.1) is 12.0 Å². The minimum Gasteiger partial charge on any atom is -0.358 e. The third-order valence-corrected chi connectivity index (χ3v) is 7.13. The molecule has 1 N–H and O–H groups in total. The third kappa shape index (κ3) is 4.80. The molecule has 0 aliphatic carbocycles. The first-order valence-electron chi connectivity index (χ1n) is 11.9. The van der Waals surface area contributed by atoms with Gasteiger partial charge in [-0.2, -0.15) is 0 Å². The highest BCUT2D eigenvalue weighted by Crippen LogP contribution is 2.46. The van der Waals surface area contributed by atoms with Crippen LogP contribution in [0.2, 0.25) is 5.02 Å². The van der Waals surface area contributed by atoms with Gasteiger partial charge < -0.3 is 10.2 Å². The van der Waals surface area contributed by atoms with Crippen molar-refractivity contribution < 1.29 is 9.59 Å².